The van der Waals surface area contributed by atoms with Crippen LogP contribution in [-0.4, -0.2) is 43.9 Å². The quantitative estimate of drug-likeness (QED) is 0.0771. The highest BCUT2D eigenvalue weighted by molar-refractivity contribution is 7.87. The highest BCUT2D eigenvalue weighted by Crippen LogP contribution is 2.46. The molecule has 0 aliphatic carbocycles. The molecule has 0 atom stereocenters. The van der Waals surface area contributed by atoms with Crippen molar-refractivity contribution < 1.29 is 19.3 Å². The lowest BCUT2D eigenvalue weighted by molar-refractivity contribution is 0.158. The van der Waals surface area contributed by atoms with E-state index in [0.717, 1.165) is 38.5 Å². The molecular weight excluding hydrogens is 569 g/mol. The summed E-state index contributed by atoms with van der Waals surface area (Å²) in [5.74, 6) is 2.24. The molecule has 0 bridgehead atoms. The van der Waals surface area contributed by atoms with Crippen LogP contribution in [-0.2, 0) is 6.61 Å². The van der Waals surface area contributed by atoms with Crippen LogP contribution in [0.5, 0.6) is 17.2 Å². The molecular formula is C36H36N3O4P. The third-order valence-electron chi connectivity index (χ3n) is 7.01. The Kier molecular flexibility index (Phi) is 10.5. The van der Waals surface area contributed by atoms with Crippen molar-refractivity contribution in [1.29, 1.82) is 0 Å². The number of rotatable bonds is 13. The van der Waals surface area contributed by atoms with Gasteiger partial charge in [0.2, 0.25) is 0 Å². The van der Waals surface area contributed by atoms with Crippen LogP contribution >= 0.6 is 7.05 Å². The van der Waals surface area contributed by atoms with Crippen LogP contribution < -0.4 is 30.1 Å². The summed E-state index contributed by atoms with van der Waals surface area (Å²) in [6, 6.07) is 44.1. The summed E-state index contributed by atoms with van der Waals surface area (Å²) in [5.41, 5.74) is 1.81. The Morgan fingerprint density at radius 1 is 0.659 bits per heavy atom. The summed E-state index contributed by atoms with van der Waals surface area (Å²) in [5, 5.41) is 18.9. The van der Waals surface area contributed by atoms with E-state index in [1.54, 1.807) is 18.3 Å². The first kappa shape index (κ1) is 30.6. The zero-order chi connectivity index (χ0) is 30.6. The van der Waals surface area contributed by atoms with E-state index in [2.05, 4.69) is 65.8 Å². The number of hydrogen-bond donors (Lipinski definition) is 1. The monoisotopic (exact) mass is 605 g/mol. The van der Waals surface area contributed by atoms with E-state index >= 15 is 0 Å². The van der Waals surface area contributed by atoms with Gasteiger partial charge < -0.3 is 19.3 Å². The van der Waals surface area contributed by atoms with E-state index in [0.29, 0.717) is 5.75 Å². The third kappa shape index (κ3) is 7.56. The summed E-state index contributed by atoms with van der Waals surface area (Å²) < 4.78 is 22.7. The van der Waals surface area contributed by atoms with Gasteiger partial charge in [0.25, 0.3) is 0 Å². The molecule has 8 heteroatoms. The smallest absolute Gasteiger partial charge is 0.178 e. The molecule has 5 aromatic rings. The van der Waals surface area contributed by atoms with Crippen molar-refractivity contribution in [2.45, 2.75) is 6.61 Å². The lowest BCUT2D eigenvalue weighted by Gasteiger charge is -2.27. The van der Waals surface area contributed by atoms with Crippen molar-refractivity contribution in [2.24, 2.45) is 9.85 Å². The fraction of sp³-hybridized carbons (Fsp3) is 0.139. The van der Waals surface area contributed by atoms with Gasteiger partial charge in [-0.15, -0.1) is 0 Å². The van der Waals surface area contributed by atoms with Crippen molar-refractivity contribution in [3.63, 3.8) is 0 Å². The van der Waals surface area contributed by atoms with Gasteiger partial charge in [-0.1, -0.05) is 72.8 Å². The molecule has 0 heterocycles. The van der Waals surface area contributed by atoms with Gasteiger partial charge in [-0.25, -0.2) is 0 Å². The Morgan fingerprint density at radius 2 is 1.18 bits per heavy atom. The first-order chi connectivity index (χ1) is 21.6. The van der Waals surface area contributed by atoms with Crippen LogP contribution in [0.15, 0.2) is 143 Å². The second-order valence-corrected chi connectivity index (χ2v) is 13.1. The Labute approximate surface area is 259 Å². The number of aliphatic hydroxyl groups excluding tert-OH is 1. The van der Waals surface area contributed by atoms with Gasteiger partial charge in [0.15, 0.2) is 13.5 Å². The average molecular weight is 606 g/mol. The molecule has 7 nitrogen and oxygen atoms in total. The van der Waals surface area contributed by atoms with Gasteiger partial charge >= 0.3 is 0 Å². The number of aliphatic hydroxyl groups is 1. The maximum absolute atomic E-state index is 9.38. The zero-order valence-corrected chi connectivity index (χ0v) is 25.8. The summed E-state index contributed by atoms with van der Waals surface area (Å²) in [4.78, 5) is 0. The zero-order valence-electron chi connectivity index (χ0n) is 24.9. The van der Waals surface area contributed by atoms with Crippen molar-refractivity contribution in [2.75, 3.05) is 27.6 Å². The first-order valence-electron chi connectivity index (χ1n) is 14.3. The SMILES string of the molecule is COc1ccc(C=NN(C)COc2ccc(P(=NCOc3ccc(CO)cc3)(c3ccccc3)c3ccccc3)cc2)cc1. The minimum atomic E-state index is -2.45. The average Bonchev–Trinajstić information content (AvgIpc) is 3.10. The molecule has 224 valence electrons. The van der Waals surface area contributed by atoms with Crippen LogP contribution in [0, 0.1) is 0 Å². The van der Waals surface area contributed by atoms with E-state index in [4.69, 9.17) is 19.0 Å². The summed E-state index contributed by atoms with van der Waals surface area (Å²) in [6.07, 6.45) is 1.79. The Balaban J connectivity index is 1.39. The van der Waals surface area contributed by atoms with Gasteiger partial charge in [-0.3, -0.25) is 9.75 Å². The van der Waals surface area contributed by atoms with E-state index in [1.165, 1.54) is 0 Å². The molecule has 0 fully saturated rings. The standard InChI is InChI=1S/C36H36N3O4P/c1-39(37-25-29-13-17-31(41-2)18-14-29)28-43-33-21-23-36(24-22-33)44(34-9-5-3-6-10-34,35-11-7-4-8-12-35)38-27-42-32-19-15-30(26-40)16-20-32/h3-25,40H,26-28H2,1-2H3. The molecule has 0 spiro atoms. The normalized spacial score (nSPS) is 11.2. The molecule has 5 aromatic carbocycles. The fourth-order valence-corrected chi connectivity index (χ4v) is 8.08. The van der Waals surface area contributed by atoms with Crippen molar-refractivity contribution >= 4 is 29.2 Å². The molecule has 0 saturated heterocycles. The summed E-state index contributed by atoms with van der Waals surface area (Å²) in [6.45, 7) is 0.455. The van der Waals surface area contributed by atoms with E-state index in [-0.39, 0.29) is 20.1 Å². The molecule has 0 radical (unpaired) electrons. The van der Waals surface area contributed by atoms with Gasteiger partial charge in [-0.05, 0) is 71.8 Å². The maximum Gasteiger partial charge on any atom is 0.178 e. The lowest BCUT2D eigenvalue weighted by atomic mass is 10.2. The molecule has 0 aliphatic heterocycles. The number of nitrogens with zero attached hydrogens (tertiary/aromatic N) is 3. The van der Waals surface area contributed by atoms with Gasteiger partial charge in [-0.2, -0.15) is 5.10 Å². The first-order valence-corrected chi connectivity index (χ1v) is 16.0. The predicted octanol–water partition coefficient (Wildman–Crippen LogP) is 6.00. The van der Waals surface area contributed by atoms with Crippen molar-refractivity contribution in [3.05, 3.63) is 145 Å². The van der Waals surface area contributed by atoms with E-state index in [9.17, 15) is 5.11 Å². The molecule has 1 N–H and O–H groups in total. The largest absolute Gasteiger partial charge is 0.497 e. The number of hydrogen-bond acceptors (Lipinski definition) is 7. The molecule has 0 saturated carbocycles. The highest BCUT2D eigenvalue weighted by Gasteiger charge is 2.27. The second-order valence-electron chi connectivity index (χ2n) is 9.97. The van der Waals surface area contributed by atoms with Crippen molar-refractivity contribution in [3.8, 4) is 17.2 Å². The summed E-state index contributed by atoms with van der Waals surface area (Å²) in [7, 11) is 1.06. The molecule has 0 aromatic heterocycles. The lowest BCUT2D eigenvalue weighted by Crippen LogP contribution is -2.26. The molecule has 0 amide bonds. The van der Waals surface area contributed by atoms with Crippen LogP contribution in [0.1, 0.15) is 11.1 Å². The Bertz CT molecular complexity index is 1630. The third-order valence-corrected chi connectivity index (χ3v) is 10.7. The Hall–Kier alpha value is -4.84. The van der Waals surface area contributed by atoms with Gasteiger partial charge in [0, 0.05) is 23.0 Å². The molecule has 0 unspecified atom stereocenters. The number of methoxy groups -OCH3 is 1. The van der Waals surface area contributed by atoms with Crippen LogP contribution in [0.4, 0.5) is 0 Å². The van der Waals surface area contributed by atoms with Gasteiger partial charge in [0.05, 0.1) is 27.0 Å². The minimum absolute atomic E-state index is 0.00574. The topological polar surface area (TPSA) is 75.9 Å². The maximum atomic E-state index is 9.38. The Morgan fingerprint density at radius 3 is 1.75 bits per heavy atom. The number of hydrazone groups is 1. The molecule has 44 heavy (non-hydrogen) atoms. The number of ether oxygens (including phenoxy) is 3. The van der Waals surface area contributed by atoms with E-state index < -0.39 is 7.05 Å². The van der Waals surface area contributed by atoms with E-state index in [1.807, 2.05) is 79.8 Å². The van der Waals surface area contributed by atoms with Crippen LogP contribution in [0.2, 0.25) is 0 Å². The van der Waals surface area contributed by atoms with Crippen molar-refractivity contribution in [1.82, 2.24) is 5.01 Å². The van der Waals surface area contributed by atoms with Gasteiger partial charge in [0.1, 0.15) is 17.2 Å². The fourth-order valence-electron chi connectivity index (χ4n) is 4.68. The number of benzene rings is 5. The highest BCUT2D eigenvalue weighted by atomic mass is 31.2. The van der Waals surface area contributed by atoms with Crippen LogP contribution in [0.3, 0.4) is 0 Å². The molecule has 0 aliphatic rings. The predicted molar refractivity (Wildman–Crippen MR) is 179 cm³/mol. The second kappa shape index (κ2) is 15.1. The molecule has 5 rings (SSSR count). The van der Waals surface area contributed by atoms with Crippen LogP contribution in [0.25, 0.3) is 0 Å². The summed E-state index contributed by atoms with van der Waals surface area (Å²) >= 11 is 0. The minimum Gasteiger partial charge on any atom is -0.497 e.